The Kier molecular flexibility index (Phi) is 7.61. The fourth-order valence-electron chi connectivity index (χ4n) is 3.11. The first-order chi connectivity index (χ1) is 14.3. The molecule has 8 nitrogen and oxygen atoms in total. The molecule has 0 radical (unpaired) electrons. The van der Waals surface area contributed by atoms with Crippen molar-refractivity contribution < 1.29 is 26.3 Å². The van der Waals surface area contributed by atoms with Gasteiger partial charge in [-0.2, -0.15) is 0 Å². The van der Waals surface area contributed by atoms with Gasteiger partial charge in [0.2, 0.25) is 10.0 Å². The third-order valence-corrected chi connectivity index (χ3v) is 7.72. The molecule has 0 saturated heterocycles. The van der Waals surface area contributed by atoms with E-state index in [9.17, 15) is 16.8 Å². The number of rotatable bonds is 9. The number of hydrogen-bond acceptors (Lipinski definition) is 6. The normalized spacial score (nSPS) is 12.3. The van der Waals surface area contributed by atoms with Gasteiger partial charge < -0.3 is 9.47 Å². The molecule has 0 atom stereocenters. The van der Waals surface area contributed by atoms with Crippen LogP contribution in [0.5, 0.6) is 11.5 Å². The molecule has 0 bridgehead atoms. The van der Waals surface area contributed by atoms with E-state index in [1.165, 1.54) is 32.4 Å². The Labute approximate surface area is 185 Å². The predicted octanol–water partition coefficient (Wildman–Crippen LogP) is 3.62. The highest BCUT2D eigenvalue weighted by Crippen LogP contribution is 2.34. The van der Waals surface area contributed by atoms with E-state index in [2.05, 4.69) is 9.44 Å². The van der Waals surface area contributed by atoms with Gasteiger partial charge in [-0.3, -0.25) is 4.72 Å². The highest BCUT2D eigenvalue weighted by atomic mass is 32.2. The molecule has 0 fully saturated rings. The molecule has 0 amide bonds. The molecule has 0 aliphatic carbocycles. The van der Waals surface area contributed by atoms with Gasteiger partial charge in [0.1, 0.15) is 11.5 Å². The lowest BCUT2D eigenvalue weighted by molar-refractivity contribution is 0.406. The van der Waals surface area contributed by atoms with Crippen molar-refractivity contribution in [1.29, 1.82) is 0 Å². The van der Waals surface area contributed by atoms with E-state index in [-0.39, 0.29) is 33.2 Å². The van der Waals surface area contributed by atoms with Gasteiger partial charge in [-0.05, 0) is 68.1 Å². The lowest BCUT2D eigenvalue weighted by Gasteiger charge is -2.18. The lowest BCUT2D eigenvalue weighted by Crippen LogP contribution is -2.30. The second-order valence-electron chi connectivity index (χ2n) is 7.76. The Morgan fingerprint density at radius 3 is 1.97 bits per heavy atom. The van der Waals surface area contributed by atoms with Gasteiger partial charge in [0.15, 0.2) is 0 Å². The fourth-order valence-corrected chi connectivity index (χ4v) is 5.71. The van der Waals surface area contributed by atoms with E-state index in [1.807, 2.05) is 13.8 Å². The molecule has 0 saturated carbocycles. The summed E-state index contributed by atoms with van der Waals surface area (Å²) in [7, 11) is -4.95. The van der Waals surface area contributed by atoms with Crippen LogP contribution in [0.4, 0.5) is 5.69 Å². The maximum Gasteiger partial charge on any atom is 0.262 e. The average molecular weight is 471 g/mol. The molecule has 10 heteroatoms. The van der Waals surface area contributed by atoms with Crippen LogP contribution in [0.25, 0.3) is 0 Å². The first-order valence-electron chi connectivity index (χ1n) is 9.74. The Morgan fingerprint density at radius 2 is 1.45 bits per heavy atom. The number of sulfonamides is 2. The van der Waals surface area contributed by atoms with Crippen molar-refractivity contribution in [2.24, 2.45) is 0 Å². The van der Waals surface area contributed by atoms with Crippen LogP contribution >= 0.6 is 0 Å². The second kappa shape index (κ2) is 9.46. The average Bonchev–Trinajstić information content (AvgIpc) is 2.65. The Bertz CT molecular complexity index is 1160. The van der Waals surface area contributed by atoms with Gasteiger partial charge in [-0.25, -0.2) is 21.6 Å². The highest BCUT2D eigenvalue weighted by molar-refractivity contribution is 7.92. The van der Waals surface area contributed by atoms with E-state index in [1.54, 1.807) is 32.9 Å². The fraction of sp³-hybridized carbons (Fsp3) is 0.429. The topological polar surface area (TPSA) is 111 Å². The first-order valence-corrected chi connectivity index (χ1v) is 12.7. The highest BCUT2D eigenvalue weighted by Gasteiger charge is 2.24. The number of nitrogens with one attached hydrogen (secondary N) is 2. The van der Waals surface area contributed by atoms with Crippen molar-refractivity contribution in [3.05, 3.63) is 41.5 Å². The van der Waals surface area contributed by atoms with E-state index in [4.69, 9.17) is 9.47 Å². The molecule has 0 heterocycles. The van der Waals surface area contributed by atoms with E-state index < -0.39 is 20.0 Å². The molecule has 0 aliphatic rings. The van der Waals surface area contributed by atoms with Crippen LogP contribution < -0.4 is 18.9 Å². The smallest absolute Gasteiger partial charge is 0.262 e. The third-order valence-electron chi connectivity index (χ3n) is 4.56. The Balaban J connectivity index is 2.57. The van der Waals surface area contributed by atoms with Crippen molar-refractivity contribution in [2.45, 2.75) is 56.4 Å². The number of aryl methyl sites for hydroxylation is 1. The number of benzene rings is 2. The predicted molar refractivity (Wildman–Crippen MR) is 121 cm³/mol. The molecule has 0 spiro atoms. The number of hydrogen-bond donors (Lipinski definition) is 2. The van der Waals surface area contributed by atoms with Crippen molar-refractivity contribution >= 4 is 25.7 Å². The largest absolute Gasteiger partial charge is 0.496 e. The molecule has 2 aromatic carbocycles. The summed E-state index contributed by atoms with van der Waals surface area (Å²) in [5.41, 5.74) is 1.27. The third kappa shape index (κ3) is 5.69. The number of methoxy groups -OCH3 is 2. The second-order valence-corrected chi connectivity index (χ2v) is 11.1. The molecule has 0 aromatic heterocycles. The standard InChI is InChI=1S/C21H30N2O6S2/c1-13(2)17-12-21(15(5)10-20(17)29-7)31(26,27)23-18-11-16(8-9-19(18)28-6)30(24,25)22-14(3)4/h8-14,22-23H,1-7H3. The number of anilines is 1. The molecular weight excluding hydrogens is 440 g/mol. The lowest BCUT2D eigenvalue weighted by atomic mass is 10.0. The first kappa shape index (κ1) is 25.0. The zero-order valence-corrected chi connectivity index (χ0v) is 20.4. The molecule has 172 valence electrons. The number of ether oxygens (including phenoxy) is 2. The zero-order valence-electron chi connectivity index (χ0n) is 18.8. The van der Waals surface area contributed by atoms with E-state index in [0.29, 0.717) is 11.3 Å². The van der Waals surface area contributed by atoms with Gasteiger partial charge >= 0.3 is 0 Å². The minimum atomic E-state index is -4.04. The summed E-state index contributed by atoms with van der Waals surface area (Å²) in [5, 5.41) is 0. The molecule has 2 rings (SSSR count). The zero-order chi connectivity index (χ0) is 23.6. The van der Waals surface area contributed by atoms with Crippen LogP contribution in [0.15, 0.2) is 40.1 Å². The van der Waals surface area contributed by atoms with Crippen molar-refractivity contribution in [3.8, 4) is 11.5 Å². The molecule has 0 aliphatic heterocycles. The minimum Gasteiger partial charge on any atom is -0.496 e. The maximum absolute atomic E-state index is 13.2. The van der Waals surface area contributed by atoms with Crippen LogP contribution in [0.1, 0.15) is 44.7 Å². The van der Waals surface area contributed by atoms with Gasteiger partial charge in [0.05, 0.1) is 29.7 Å². The summed E-state index contributed by atoms with van der Waals surface area (Å²) >= 11 is 0. The van der Waals surface area contributed by atoms with Crippen LogP contribution in [-0.2, 0) is 20.0 Å². The van der Waals surface area contributed by atoms with Gasteiger partial charge in [0, 0.05) is 6.04 Å². The van der Waals surface area contributed by atoms with Gasteiger partial charge in [0.25, 0.3) is 10.0 Å². The van der Waals surface area contributed by atoms with Crippen molar-refractivity contribution in [2.75, 3.05) is 18.9 Å². The van der Waals surface area contributed by atoms with Crippen LogP contribution in [0, 0.1) is 6.92 Å². The van der Waals surface area contributed by atoms with Crippen molar-refractivity contribution in [1.82, 2.24) is 4.72 Å². The molecule has 2 N–H and O–H groups in total. The van der Waals surface area contributed by atoms with Crippen LogP contribution in [0.2, 0.25) is 0 Å². The Hall–Kier alpha value is -2.30. The molecule has 2 aromatic rings. The summed E-state index contributed by atoms with van der Waals surface area (Å²) < 4.78 is 67.1. The molecular formula is C21H30N2O6S2. The summed E-state index contributed by atoms with van der Waals surface area (Å²) in [6.45, 7) is 8.95. The van der Waals surface area contributed by atoms with Gasteiger partial charge in [-0.15, -0.1) is 0 Å². The summed E-state index contributed by atoms with van der Waals surface area (Å²) in [6, 6.07) is 6.94. The summed E-state index contributed by atoms with van der Waals surface area (Å²) in [5.74, 6) is 0.841. The Morgan fingerprint density at radius 1 is 0.839 bits per heavy atom. The molecule has 31 heavy (non-hydrogen) atoms. The van der Waals surface area contributed by atoms with Gasteiger partial charge in [-0.1, -0.05) is 13.8 Å². The van der Waals surface area contributed by atoms with E-state index in [0.717, 1.165) is 5.56 Å². The van der Waals surface area contributed by atoms with Crippen LogP contribution in [0.3, 0.4) is 0 Å². The quantitative estimate of drug-likeness (QED) is 0.579. The van der Waals surface area contributed by atoms with Crippen molar-refractivity contribution in [3.63, 3.8) is 0 Å². The summed E-state index contributed by atoms with van der Waals surface area (Å²) in [6.07, 6.45) is 0. The van der Waals surface area contributed by atoms with Crippen LogP contribution in [-0.4, -0.2) is 37.1 Å². The molecule has 0 unspecified atom stereocenters. The van der Waals surface area contributed by atoms with E-state index >= 15 is 0 Å². The monoisotopic (exact) mass is 470 g/mol. The maximum atomic E-state index is 13.2. The summed E-state index contributed by atoms with van der Waals surface area (Å²) in [4.78, 5) is 0.00152. The minimum absolute atomic E-state index is 0.0236. The SMILES string of the molecule is COc1ccc(S(=O)(=O)NC(C)C)cc1NS(=O)(=O)c1cc(C(C)C)c(OC)cc1C.